The molecule has 2 unspecified atom stereocenters. The van der Waals surface area contributed by atoms with E-state index in [0.29, 0.717) is 13.1 Å². The van der Waals surface area contributed by atoms with Crippen LogP contribution >= 0.6 is 0 Å². The molecule has 1 aromatic rings. The normalized spacial score (nSPS) is 22.0. The third kappa shape index (κ3) is 3.35. The SMILES string of the molecule is CCN(C(=O)c1cc(F)ccc1O)C1CCCCC1CN. The van der Waals surface area contributed by atoms with Crippen LogP contribution in [-0.2, 0) is 0 Å². The number of carbonyl (C=O) groups excluding carboxylic acids is 1. The average molecular weight is 294 g/mol. The van der Waals surface area contributed by atoms with Crippen molar-refractivity contribution in [2.24, 2.45) is 11.7 Å². The average Bonchev–Trinajstić information content (AvgIpc) is 2.50. The van der Waals surface area contributed by atoms with Gasteiger partial charge in [0.05, 0.1) is 5.56 Å². The molecule has 1 amide bonds. The lowest BCUT2D eigenvalue weighted by Crippen LogP contribution is -2.48. The molecule has 0 spiro atoms. The molecule has 0 aromatic heterocycles. The molecule has 21 heavy (non-hydrogen) atoms. The van der Waals surface area contributed by atoms with Crippen molar-refractivity contribution in [3.8, 4) is 5.75 Å². The summed E-state index contributed by atoms with van der Waals surface area (Å²) in [5, 5.41) is 9.83. The molecule has 0 heterocycles. The van der Waals surface area contributed by atoms with Gasteiger partial charge in [-0.15, -0.1) is 0 Å². The molecule has 1 aromatic carbocycles. The highest BCUT2D eigenvalue weighted by Crippen LogP contribution is 2.30. The molecule has 116 valence electrons. The van der Waals surface area contributed by atoms with Crippen molar-refractivity contribution in [2.45, 2.75) is 38.6 Å². The van der Waals surface area contributed by atoms with Crippen LogP contribution in [0.5, 0.6) is 5.75 Å². The molecule has 1 aliphatic carbocycles. The van der Waals surface area contributed by atoms with Crippen LogP contribution in [0.25, 0.3) is 0 Å². The lowest BCUT2D eigenvalue weighted by Gasteiger charge is -2.39. The van der Waals surface area contributed by atoms with Gasteiger partial charge in [-0.25, -0.2) is 4.39 Å². The molecule has 5 heteroatoms. The summed E-state index contributed by atoms with van der Waals surface area (Å²) in [6, 6.07) is 3.54. The number of phenols is 1. The maximum atomic E-state index is 13.4. The Morgan fingerprint density at radius 2 is 2.14 bits per heavy atom. The minimum absolute atomic E-state index is 0.0261. The molecule has 1 aliphatic rings. The first kappa shape index (κ1) is 15.8. The predicted molar refractivity (Wildman–Crippen MR) is 79.6 cm³/mol. The van der Waals surface area contributed by atoms with Gasteiger partial charge in [0.25, 0.3) is 5.91 Å². The number of benzene rings is 1. The van der Waals surface area contributed by atoms with Crippen molar-refractivity contribution in [3.05, 3.63) is 29.6 Å². The summed E-state index contributed by atoms with van der Waals surface area (Å²) < 4.78 is 13.4. The zero-order chi connectivity index (χ0) is 15.4. The fourth-order valence-corrected chi connectivity index (χ4v) is 3.24. The maximum Gasteiger partial charge on any atom is 0.257 e. The Hall–Kier alpha value is -1.62. The second-order valence-corrected chi connectivity index (χ2v) is 5.60. The van der Waals surface area contributed by atoms with E-state index in [2.05, 4.69) is 0 Å². The summed E-state index contributed by atoms with van der Waals surface area (Å²) >= 11 is 0. The standard InChI is InChI=1S/C16H23FN2O2/c1-2-19(14-6-4-3-5-11(14)10-18)16(21)13-9-12(17)7-8-15(13)20/h7-9,11,14,20H,2-6,10,18H2,1H3. The summed E-state index contributed by atoms with van der Waals surface area (Å²) in [7, 11) is 0. The Kier molecular flexibility index (Phi) is 5.17. The number of rotatable bonds is 4. The number of nitrogens with two attached hydrogens (primary N) is 1. The number of hydrogen-bond acceptors (Lipinski definition) is 3. The number of nitrogens with zero attached hydrogens (tertiary/aromatic N) is 1. The summed E-state index contributed by atoms with van der Waals surface area (Å²) in [5.41, 5.74) is 5.86. The van der Waals surface area contributed by atoms with E-state index in [-0.39, 0.29) is 29.2 Å². The van der Waals surface area contributed by atoms with Crippen molar-refractivity contribution >= 4 is 5.91 Å². The second kappa shape index (κ2) is 6.89. The lowest BCUT2D eigenvalue weighted by molar-refractivity contribution is 0.0556. The number of halogens is 1. The van der Waals surface area contributed by atoms with Gasteiger partial charge < -0.3 is 15.7 Å². The van der Waals surface area contributed by atoms with Gasteiger partial charge in [-0.2, -0.15) is 0 Å². The number of phenolic OH excluding ortho intramolecular Hbond substituents is 1. The van der Waals surface area contributed by atoms with E-state index >= 15 is 0 Å². The maximum absolute atomic E-state index is 13.4. The fraction of sp³-hybridized carbons (Fsp3) is 0.562. The van der Waals surface area contributed by atoms with E-state index < -0.39 is 5.82 Å². The van der Waals surface area contributed by atoms with Crippen LogP contribution in [0.4, 0.5) is 4.39 Å². The molecule has 0 bridgehead atoms. The predicted octanol–water partition coefficient (Wildman–Crippen LogP) is 2.51. The molecule has 3 N–H and O–H groups in total. The first-order valence-electron chi connectivity index (χ1n) is 7.58. The lowest BCUT2D eigenvalue weighted by atomic mass is 9.83. The molecule has 0 radical (unpaired) electrons. The van der Waals surface area contributed by atoms with Crippen LogP contribution in [0, 0.1) is 11.7 Å². The van der Waals surface area contributed by atoms with E-state index in [9.17, 15) is 14.3 Å². The van der Waals surface area contributed by atoms with Gasteiger partial charge in [-0.05, 0) is 50.4 Å². The summed E-state index contributed by atoms with van der Waals surface area (Å²) in [6.07, 6.45) is 4.13. The Labute approximate surface area is 124 Å². The van der Waals surface area contributed by atoms with E-state index in [4.69, 9.17) is 5.73 Å². The van der Waals surface area contributed by atoms with Crippen LogP contribution in [0.2, 0.25) is 0 Å². The number of carbonyl (C=O) groups is 1. The first-order chi connectivity index (χ1) is 10.1. The van der Waals surface area contributed by atoms with Crippen LogP contribution in [0.3, 0.4) is 0 Å². The van der Waals surface area contributed by atoms with Crippen molar-refractivity contribution in [1.29, 1.82) is 0 Å². The van der Waals surface area contributed by atoms with Gasteiger partial charge in [0.2, 0.25) is 0 Å². The van der Waals surface area contributed by atoms with Gasteiger partial charge in [0.1, 0.15) is 11.6 Å². The quantitative estimate of drug-likeness (QED) is 0.896. The van der Waals surface area contributed by atoms with Crippen molar-refractivity contribution in [2.75, 3.05) is 13.1 Å². The Balaban J connectivity index is 2.27. The van der Waals surface area contributed by atoms with Crippen LogP contribution in [0.1, 0.15) is 43.0 Å². The topological polar surface area (TPSA) is 66.6 Å². The van der Waals surface area contributed by atoms with Gasteiger partial charge in [-0.3, -0.25) is 4.79 Å². The smallest absolute Gasteiger partial charge is 0.257 e. The monoisotopic (exact) mass is 294 g/mol. The Morgan fingerprint density at radius 3 is 2.81 bits per heavy atom. The molecular weight excluding hydrogens is 271 g/mol. The molecule has 1 saturated carbocycles. The molecular formula is C16H23FN2O2. The highest BCUT2D eigenvalue weighted by molar-refractivity contribution is 5.97. The number of hydrogen-bond donors (Lipinski definition) is 2. The Morgan fingerprint density at radius 1 is 1.43 bits per heavy atom. The third-order valence-electron chi connectivity index (χ3n) is 4.36. The van der Waals surface area contributed by atoms with Gasteiger partial charge in [0, 0.05) is 12.6 Å². The highest BCUT2D eigenvalue weighted by Gasteiger charge is 2.32. The molecule has 2 atom stereocenters. The van der Waals surface area contributed by atoms with E-state index in [0.717, 1.165) is 37.8 Å². The number of aromatic hydroxyl groups is 1. The van der Waals surface area contributed by atoms with Gasteiger partial charge in [-0.1, -0.05) is 12.8 Å². The minimum atomic E-state index is -0.522. The van der Waals surface area contributed by atoms with Gasteiger partial charge >= 0.3 is 0 Å². The second-order valence-electron chi connectivity index (χ2n) is 5.60. The van der Waals surface area contributed by atoms with Crippen LogP contribution in [0.15, 0.2) is 18.2 Å². The third-order valence-corrected chi connectivity index (χ3v) is 4.36. The molecule has 0 aliphatic heterocycles. The van der Waals surface area contributed by atoms with Crippen molar-refractivity contribution in [1.82, 2.24) is 4.90 Å². The van der Waals surface area contributed by atoms with Gasteiger partial charge in [0.15, 0.2) is 0 Å². The van der Waals surface area contributed by atoms with Crippen LogP contribution in [-0.4, -0.2) is 35.0 Å². The summed E-state index contributed by atoms with van der Waals surface area (Å²) in [5.74, 6) is -0.746. The van der Waals surface area contributed by atoms with E-state index in [1.165, 1.54) is 6.07 Å². The zero-order valence-electron chi connectivity index (χ0n) is 12.4. The summed E-state index contributed by atoms with van der Waals surface area (Å²) in [6.45, 7) is 2.97. The first-order valence-corrected chi connectivity index (χ1v) is 7.58. The number of amides is 1. The summed E-state index contributed by atoms with van der Waals surface area (Å²) in [4.78, 5) is 14.4. The highest BCUT2D eigenvalue weighted by atomic mass is 19.1. The molecule has 2 rings (SSSR count). The Bertz CT molecular complexity index is 507. The van der Waals surface area contributed by atoms with Crippen molar-refractivity contribution in [3.63, 3.8) is 0 Å². The zero-order valence-corrected chi connectivity index (χ0v) is 12.4. The molecule has 4 nitrogen and oxygen atoms in total. The fourth-order valence-electron chi connectivity index (χ4n) is 3.24. The minimum Gasteiger partial charge on any atom is -0.507 e. The van der Waals surface area contributed by atoms with Crippen LogP contribution < -0.4 is 5.73 Å². The molecule has 1 fully saturated rings. The largest absolute Gasteiger partial charge is 0.507 e. The molecule has 0 saturated heterocycles. The van der Waals surface area contributed by atoms with E-state index in [1.807, 2.05) is 6.92 Å². The van der Waals surface area contributed by atoms with Crippen molar-refractivity contribution < 1.29 is 14.3 Å². The van der Waals surface area contributed by atoms with E-state index in [1.54, 1.807) is 4.90 Å².